The molecule has 0 spiro atoms. The molecule has 2 rings (SSSR count). The number of carbonyl (C=O) groups excluding carboxylic acids is 1. The van der Waals surface area contributed by atoms with Crippen LogP contribution < -0.4 is 5.32 Å². The first-order chi connectivity index (χ1) is 11.8. The number of amides is 1. The number of nitrogens with zero attached hydrogens (tertiary/aromatic N) is 1. The average Bonchev–Trinajstić information content (AvgIpc) is 3.24. The van der Waals surface area contributed by atoms with Crippen LogP contribution in [0.25, 0.3) is 10.6 Å². The molecule has 0 aliphatic carbocycles. The Morgan fingerprint density at radius 2 is 1.75 bits per heavy atom. The van der Waals surface area contributed by atoms with E-state index < -0.39 is 0 Å². The topological polar surface area (TPSA) is 42.0 Å². The van der Waals surface area contributed by atoms with Crippen molar-refractivity contribution in [3.8, 4) is 10.6 Å². The number of rotatable bonds is 12. The van der Waals surface area contributed by atoms with Gasteiger partial charge in [-0.25, -0.2) is 4.98 Å². The van der Waals surface area contributed by atoms with Crippen LogP contribution in [0.1, 0.15) is 71.1 Å². The molecule has 2 heterocycles. The molecular formula is C19H28N2OS2. The van der Waals surface area contributed by atoms with Crippen molar-refractivity contribution in [2.24, 2.45) is 0 Å². The largest absolute Gasteiger partial charge is 0.302 e. The van der Waals surface area contributed by atoms with E-state index in [2.05, 4.69) is 17.2 Å². The number of thiazole rings is 1. The predicted octanol–water partition coefficient (Wildman–Crippen LogP) is 6.73. The third-order valence-corrected chi connectivity index (χ3v) is 5.68. The highest BCUT2D eigenvalue weighted by Gasteiger charge is 2.08. The highest BCUT2D eigenvalue weighted by molar-refractivity contribution is 7.16. The molecule has 132 valence electrons. The van der Waals surface area contributed by atoms with Gasteiger partial charge in [-0.3, -0.25) is 4.79 Å². The number of hydrogen-bond acceptors (Lipinski definition) is 4. The molecule has 0 bridgehead atoms. The number of anilines is 1. The summed E-state index contributed by atoms with van der Waals surface area (Å²) in [6, 6.07) is 4.06. The summed E-state index contributed by atoms with van der Waals surface area (Å²) in [7, 11) is 0. The van der Waals surface area contributed by atoms with E-state index in [1.54, 1.807) is 11.3 Å². The summed E-state index contributed by atoms with van der Waals surface area (Å²) in [6.45, 7) is 2.25. The first-order valence-corrected chi connectivity index (χ1v) is 10.8. The highest BCUT2D eigenvalue weighted by Crippen LogP contribution is 2.28. The van der Waals surface area contributed by atoms with Gasteiger partial charge in [0.15, 0.2) is 5.13 Å². The van der Waals surface area contributed by atoms with Crippen molar-refractivity contribution in [3.63, 3.8) is 0 Å². The lowest BCUT2D eigenvalue weighted by molar-refractivity contribution is -0.116. The third-order valence-electron chi connectivity index (χ3n) is 4.03. The molecule has 5 heteroatoms. The van der Waals surface area contributed by atoms with Crippen LogP contribution in [0, 0.1) is 0 Å². The molecule has 0 fully saturated rings. The minimum Gasteiger partial charge on any atom is -0.302 e. The molecule has 0 aliphatic heterocycles. The van der Waals surface area contributed by atoms with Crippen molar-refractivity contribution in [3.05, 3.63) is 22.9 Å². The molecule has 3 nitrogen and oxygen atoms in total. The van der Waals surface area contributed by atoms with Crippen LogP contribution in [-0.2, 0) is 4.79 Å². The van der Waals surface area contributed by atoms with Crippen LogP contribution in [0.5, 0.6) is 0 Å². The average molecular weight is 365 g/mol. The number of hydrogen-bond donors (Lipinski definition) is 1. The Bertz CT molecular complexity index is 578. The first kappa shape index (κ1) is 19.1. The van der Waals surface area contributed by atoms with Gasteiger partial charge in [0.2, 0.25) is 5.91 Å². The normalized spacial score (nSPS) is 10.9. The van der Waals surface area contributed by atoms with Gasteiger partial charge in [0.25, 0.3) is 0 Å². The zero-order valence-electron chi connectivity index (χ0n) is 14.6. The standard InChI is InChI=1S/C19H28N2OS2/c1-2-3-4-5-6-7-8-9-10-13-18(22)21-19-20-16(15-24-19)17-12-11-14-23-17/h11-12,14-15H,2-10,13H2,1H3,(H,20,21,22). The zero-order chi connectivity index (χ0) is 17.0. The molecule has 0 unspecified atom stereocenters. The monoisotopic (exact) mass is 364 g/mol. The fraction of sp³-hybridized carbons (Fsp3) is 0.579. The quantitative estimate of drug-likeness (QED) is 0.424. The van der Waals surface area contributed by atoms with Crippen LogP contribution in [0.4, 0.5) is 5.13 Å². The molecule has 2 aromatic rings. The smallest absolute Gasteiger partial charge is 0.226 e. The van der Waals surface area contributed by atoms with Crippen LogP contribution in [-0.4, -0.2) is 10.9 Å². The Balaban J connectivity index is 1.54. The van der Waals surface area contributed by atoms with Gasteiger partial charge in [0, 0.05) is 11.8 Å². The van der Waals surface area contributed by atoms with Gasteiger partial charge in [-0.15, -0.1) is 22.7 Å². The molecule has 2 aromatic heterocycles. The third kappa shape index (κ3) is 7.14. The molecule has 0 saturated carbocycles. The van der Waals surface area contributed by atoms with Crippen molar-refractivity contribution in [1.29, 1.82) is 0 Å². The van der Waals surface area contributed by atoms with Crippen LogP contribution in [0.15, 0.2) is 22.9 Å². The molecule has 0 aromatic carbocycles. The fourth-order valence-corrected chi connectivity index (χ4v) is 4.13. The van der Waals surface area contributed by atoms with Gasteiger partial charge >= 0.3 is 0 Å². The summed E-state index contributed by atoms with van der Waals surface area (Å²) in [5.74, 6) is 0.0880. The molecule has 0 saturated heterocycles. The van der Waals surface area contributed by atoms with Crippen molar-refractivity contribution < 1.29 is 4.79 Å². The minimum absolute atomic E-state index is 0.0880. The molecule has 0 atom stereocenters. The van der Waals surface area contributed by atoms with Crippen molar-refractivity contribution in [2.75, 3.05) is 5.32 Å². The maximum absolute atomic E-state index is 12.0. The molecule has 24 heavy (non-hydrogen) atoms. The van der Waals surface area contributed by atoms with E-state index in [9.17, 15) is 4.79 Å². The zero-order valence-corrected chi connectivity index (χ0v) is 16.2. The minimum atomic E-state index is 0.0880. The van der Waals surface area contributed by atoms with E-state index in [0.29, 0.717) is 11.6 Å². The van der Waals surface area contributed by atoms with Gasteiger partial charge in [-0.1, -0.05) is 64.4 Å². The lowest BCUT2D eigenvalue weighted by Gasteiger charge is -2.03. The Hall–Kier alpha value is -1.20. The van der Waals surface area contributed by atoms with E-state index in [0.717, 1.165) is 23.4 Å². The van der Waals surface area contributed by atoms with Gasteiger partial charge in [-0.05, 0) is 17.9 Å². The van der Waals surface area contributed by atoms with Crippen molar-refractivity contribution in [2.45, 2.75) is 71.1 Å². The number of carbonyl (C=O) groups is 1. The summed E-state index contributed by atoms with van der Waals surface area (Å²) in [6.07, 6.45) is 12.0. The van der Waals surface area contributed by atoms with E-state index in [1.165, 1.54) is 56.3 Å². The number of unbranched alkanes of at least 4 members (excludes halogenated alkanes) is 8. The van der Waals surface area contributed by atoms with Gasteiger partial charge in [0.1, 0.15) is 0 Å². The van der Waals surface area contributed by atoms with Gasteiger partial charge in [-0.2, -0.15) is 0 Å². The second-order valence-corrected chi connectivity index (χ2v) is 7.95. The maximum atomic E-state index is 12.0. The summed E-state index contributed by atoms with van der Waals surface area (Å²) >= 11 is 3.16. The predicted molar refractivity (Wildman–Crippen MR) is 106 cm³/mol. The number of nitrogens with one attached hydrogen (secondary N) is 1. The maximum Gasteiger partial charge on any atom is 0.226 e. The van der Waals surface area contributed by atoms with Crippen LogP contribution >= 0.6 is 22.7 Å². The Labute approximate surface area is 153 Å². The van der Waals surface area contributed by atoms with E-state index in [-0.39, 0.29) is 5.91 Å². The second kappa shape index (κ2) is 11.4. The SMILES string of the molecule is CCCCCCCCCCCC(=O)Nc1nc(-c2cccs2)cs1. The summed E-state index contributed by atoms with van der Waals surface area (Å²) in [5, 5.41) is 7.67. The van der Waals surface area contributed by atoms with Gasteiger partial charge < -0.3 is 5.32 Å². The van der Waals surface area contributed by atoms with Crippen LogP contribution in [0.3, 0.4) is 0 Å². The Morgan fingerprint density at radius 1 is 1.04 bits per heavy atom. The van der Waals surface area contributed by atoms with Crippen molar-refractivity contribution in [1.82, 2.24) is 4.98 Å². The molecule has 0 aliphatic rings. The molecule has 1 amide bonds. The molecule has 1 N–H and O–H groups in total. The molecular weight excluding hydrogens is 336 g/mol. The lowest BCUT2D eigenvalue weighted by Crippen LogP contribution is -2.10. The van der Waals surface area contributed by atoms with E-state index in [1.807, 2.05) is 22.9 Å². The van der Waals surface area contributed by atoms with E-state index >= 15 is 0 Å². The fourth-order valence-electron chi connectivity index (χ4n) is 2.65. The highest BCUT2D eigenvalue weighted by atomic mass is 32.1. The lowest BCUT2D eigenvalue weighted by atomic mass is 10.1. The van der Waals surface area contributed by atoms with Crippen LogP contribution in [0.2, 0.25) is 0 Å². The van der Waals surface area contributed by atoms with E-state index in [4.69, 9.17) is 0 Å². The molecule has 0 radical (unpaired) electrons. The number of aromatic nitrogens is 1. The number of thiophene rings is 1. The first-order valence-electron chi connectivity index (χ1n) is 9.09. The Morgan fingerprint density at radius 3 is 2.42 bits per heavy atom. The Kier molecular flexibility index (Phi) is 9.06. The summed E-state index contributed by atoms with van der Waals surface area (Å²) in [4.78, 5) is 17.6. The van der Waals surface area contributed by atoms with Crippen molar-refractivity contribution >= 4 is 33.7 Å². The summed E-state index contributed by atoms with van der Waals surface area (Å²) < 4.78 is 0. The second-order valence-electron chi connectivity index (χ2n) is 6.14. The van der Waals surface area contributed by atoms with Gasteiger partial charge in [0.05, 0.1) is 10.6 Å². The summed E-state index contributed by atoms with van der Waals surface area (Å²) in [5.41, 5.74) is 0.952.